The molecule has 5 N–H and O–H groups in total. The Morgan fingerprint density at radius 2 is 1.82 bits per heavy atom. The molecule has 1 aromatic carbocycles. The zero-order valence-corrected chi connectivity index (χ0v) is 25.4. The highest BCUT2D eigenvalue weighted by atomic mass is 16.6. The average molecular weight is 622 g/mol. The summed E-state index contributed by atoms with van der Waals surface area (Å²) in [4.78, 5) is 56.3. The third-order valence-corrected chi connectivity index (χ3v) is 8.52. The molecule has 0 spiro atoms. The van der Waals surface area contributed by atoms with Gasteiger partial charge in [0.15, 0.2) is 6.10 Å². The number of hydrogen-bond acceptors (Lipinski definition) is 9. The number of hydrogen-bond donors (Lipinski definition) is 5. The molecule has 2 aliphatic rings. The van der Waals surface area contributed by atoms with E-state index in [1.165, 1.54) is 17.6 Å². The van der Waals surface area contributed by atoms with Crippen LogP contribution < -0.4 is 10.6 Å². The van der Waals surface area contributed by atoms with Gasteiger partial charge in [-0.3, -0.25) is 20.2 Å². The van der Waals surface area contributed by atoms with Gasteiger partial charge in [0.05, 0.1) is 25.6 Å². The fourth-order valence-corrected chi connectivity index (χ4v) is 6.05. The number of ether oxygens (including phenoxy) is 2. The molecule has 13 nitrogen and oxygen atoms in total. The molecule has 0 radical (unpaired) electrons. The molecular formula is C32H43N7O6. The smallest absolute Gasteiger partial charge is 0.410 e. The van der Waals surface area contributed by atoms with Crippen LogP contribution in [-0.2, 0) is 31.9 Å². The molecule has 2 aromatic heterocycles. The Balaban J connectivity index is 1.33. The van der Waals surface area contributed by atoms with E-state index in [4.69, 9.17) is 9.47 Å². The summed E-state index contributed by atoms with van der Waals surface area (Å²) in [5.74, 6) is -0.543. The van der Waals surface area contributed by atoms with Gasteiger partial charge in [-0.25, -0.2) is 14.8 Å². The van der Waals surface area contributed by atoms with Gasteiger partial charge in [0, 0.05) is 56.3 Å². The van der Waals surface area contributed by atoms with Gasteiger partial charge in [-0.15, -0.1) is 0 Å². The molecular weight excluding hydrogens is 578 g/mol. The van der Waals surface area contributed by atoms with Crippen molar-refractivity contribution in [3.63, 3.8) is 0 Å². The molecule has 0 unspecified atom stereocenters. The minimum atomic E-state index is -1.24. The molecule has 0 bridgehead atoms. The van der Waals surface area contributed by atoms with E-state index < -0.39 is 42.2 Å². The maximum atomic E-state index is 13.9. The van der Waals surface area contributed by atoms with Crippen molar-refractivity contribution >= 4 is 17.9 Å². The molecule has 5 rings (SSSR count). The summed E-state index contributed by atoms with van der Waals surface area (Å²) in [5.41, 5.74) is 1.46. The molecule has 1 saturated heterocycles. The second-order valence-corrected chi connectivity index (χ2v) is 11.8. The molecule has 242 valence electrons. The Hall–Kier alpha value is -4.07. The number of aromatic amines is 2. The first-order chi connectivity index (χ1) is 22.0. The normalized spacial score (nSPS) is 18.5. The summed E-state index contributed by atoms with van der Waals surface area (Å²) in [6.07, 6.45) is 9.95. The van der Waals surface area contributed by atoms with Crippen LogP contribution in [0.4, 0.5) is 4.79 Å². The minimum Gasteiger partial charge on any atom is -0.436 e. The van der Waals surface area contributed by atoms with Crippen LogP contribution >= 0.6 is 0 Å². The number of morpholine rings is 1. The lowest BCUT2D eigenvalue weighted by molar-refractivity contribution is -0.137. The predicted molar refractivity (Wildman–Crippen MR) is 164 cm³/mol. The Labute approximate surface area is 262 Å². The van der Waals surface area contributed by atoms with Gasteiger partial charge in [-0.2, -0.15) is 0 Å². The number of nitrogens with one attached hydrogen (secondary N) is 4. The van der Waals surface area contributed by atoms with Crippen molar-refractivity contribution in [3.8, 4) is 0 Å². The van der Waals surface area contributed by atoms with Crippen molar-refractivity contribution in [1.82, 2.24) is 35.5 Å². The zero-order chi connectivity index (χ0) is 31.4. The van der Waals surface area contributed by atoms with Gasteiger partial charge < -0.3 is 29.4 Å². The maximum absolute atomic E-state index is 13.9. The van der Waals surface area contributed by atoms with Gasteiger partial charge >= 0.3 is 6.09 Å². The lowest BCUT2D eigenvalue weighted by Gasteiger charge is -2.32. The van der Waals surface area contributed by atoms with E-state index in [1.807, 2.05) is 30.3 Å². The SMILES string of the molecule is O=C(NC(=O)[C@H](Cc1ccccc1)OC(=O)N1CCOCC1)[C@H](Cc1cnc[nH]1)N[C@@H](CC1CCCCC1)[C@@H](O)c1ncc[nH]1. The van der Waals surface area contributed by atoms with Crippen LogP contribution in [0, 0.1) is 5.92 Å². The summed E-state index contributed by atoms with van der Waals surface area (Å²) >= 11 is 0. The molecule has 3 aromatic rings. The molecule has 3 heterocycles. The summed E-state index contributed by atoms with van der Waals surface area (Å²) < 4.78 is 11.0. The number of aliphatic hydroxyl groups is 1. The third kappa shape index (κ3) is 9.46. The number of imidazole rings is 2. The molecule has 13 heteroatoms. The Bertz CT molecular complexity index is 1330. The second kappa shape index (κ2) is 16.3. The zero-order valence-electron chi connectivity index (χ0n) is 25.4. The highest BCUT2D eigenvalue weighted by Gasteiger charge is 2.34. The summed E-state index contributed by atoms with van der Waals surface area (Å²) in [6, 6.07) is 7.75. The number of nitrogens with zero attached hydrogens (tertiary/aromatic N) is 3. The van der Waals surface area contributed by atoms with Crippen LogP contribution in [0.15, 0.2) is 55.2 Å². The number of aliphatic hydroxyl groups excluding tert-OH is 1. The van der Waals surface area contributed by atoms with E-state index in [0.29, 0.717) is 50.2 Å². The predicted octanol–water partition coefficient (Wildman–Crippen LogP) is 2.43. The van der Waals surface area contributed by atoms with Crippen molar-refractivity contribution in [2.24, 2.45) is 5.92 Å². The van der Waals surface area contributed by atoms with Gasteiger partial charge in [0.1, 0.15) is 11.9 Å². The average Bonchev–Trinajstić information content (AvgIpc) is 3.80. The monoisotopic (exact) mass is 621 g/mol. The number of benzene rings is 1. The quantitative estimate of drug-likeness (QED) is 0.192. The van der Waals surface area contributed by atoms with Crippen molar-refractivity contribution in [1.29, 1.82) is 0 Å². The standard InChI is InChI=1S/C32H43N7O6/c40-28(29-34-11-12-35-29)25(17-22-7-3-1-4-8-22)37-26(19-24-20-33-21-36-24)30(41)38-31(42)27(18-23-9-5-2-6-10-23)45-32(43)39-13-15-44-16-14-39/h2,5-6,9-12,20-22,25-28,37,40H,1,3-4,7-8,13-19H2,(H,33,36)(H,34,35)(H,38,41,42)/t25-,26-,27-,28+/m0/s1. The second-order valence-electron chi connectivity index (χ2n) is 11.8. The summed E-state index contributed by atoms with van der Waals surface area (Å²) in [7, 11) is 0. The van der Waals surface area contributed by atoms with Crippen LogP contribution in [0.3, 0.4) is 0 Å². The largest absolute Gasteiger partial charge is 0.436 e. The molecule has 4 atom stereocenters. The van der Waals surface area contributed by atoms with Gasteiger partial charge in [-0.05, 0) is 17.9 Å². The Morgan fingerprint density at radius 3 is 2.51 bits per heavy atom. The first-order valence-corrected chi connectivity index (χ1v) is 15.8. The Kier molecular flexibility index (Phi) is 11.7. The molecule has 1 aliphatic carbocycles. The van der Waals surface area contributed by atoms with Crippen LogP contribution in [0.2, 0.25) is 0 Å². The van der Waals surface area contributed by atoms with E-state index in [9.17, 15) is 19.5 Å². The minimum absolute atomic E-state index is 0.0934. The van der Waals surface area contributed by atoms with Crippen LogP contribution in [0.25, 0.3) is 0 Å². The molecule has 2 fully saturated rings. The lowest BCUT2D eigenvalue weighted by atomic mass is 9.83. The number of amides is 3. The number of carbonyl (C=O) groups excluding carboxylic acids is 3. The third-order valence-electron chi connectivity index (χ3n) is 8.52. The van der Waals surface area contributed by atoms with Gasteiger partial charge in [0.2, 0.25) is 5.91 Å². The van der Waals surface area contributed by atoms with Crippen molar-refractivity contribution in [2.45, 2.75) is 75.7 Å². The number of carbonyl (C=O) groups is 3. The molecule has 45 heavy (non-hydrogen) atoms. The highest BCUT2D eigenvalue weighted by Crippen LogP contribution is 2.30. The van der Waals surface area contributed by atoms with Crippen molar-refractivity contribution in [3.05, 3.63) is 72.3 Å². The fraction of sp³-hybridized carbons (Fsp3) is 0.531. The van der Waals surface area contributed by atoms with E-state index in [2.05, 4.69) is 30.6 Å². The lowest BCUT2D eigenvalue weighted by Crippen LogP contribution is -2.55. The fourth-order valence-electron chi connectivity index (χ4n) is 6.05. The Morgan fingerprint density at radius 1 is 1.04 bits per heavy atom. The van der Waals surface area contributed by atoms with Crippen LogP contribution in [0.5, 0.6) is 0 Å². The van der Waals surface area contributed by atoms with E-state index in [1.54, 1.807) is 18.6 Å². The van der Waals surface area contributed by atoms with Gasteiger partial charge in [0.25, 0.3) is 5.91 Å². The first kappa shape index (κ1) is 32.3. The number of rotatable bonds is 13. The molecule has 1 saturated carbocycles. The van der Waals surface area contributed by atoms with Crippen LogP contribution in [0.1, 0.15) is 61.7 Å². The van der Waals surface area contributed by atoms with Crippen molar-refractivity contribution in [2.75, 3.05) is 26.3 Å². The first-order valence-electron chi connectivity index (χ1n) is 15.8. The van der Waals surface area contributed by atoms with E-state index >= 15 is 0 Å². The number of imide groups is 1. The topological polar surface area (TPSA) is 175 Å². The summed E-state index contributed by atoms with van der Waals surface area (Å²) in [6.45, 7) is 1.48. The molecule has 3 amide bonds. The van der Waals surface area contributed by atoms with E-state index in [0.717, 1.165) is 31.2 Å². The van der Waals surface area contributed by atoms with Crippen LogP contribution in [-0.4, -0.2) is 92.3 Å². The van der Waals surface area contributed by atoms with Crippen molar-refractivity contribution < 1.29 is 29.0 Å². The van der Waals surface area contributed by atoms with Gasteiger partial charge in [-0.1, -0.05) is 62.4 Å². The highest BCUT2D eigenvalue weighted by molar-refractivity contribution is 6.00. The number of aromatic nitrogens is 4. The number of H-pyrrole nitrogens is 2. The molecule has 1 aliphatic heterocycles. The maximum Gasteiger partial charge on any atom is 0.410 e. The summed E-state index contributed by atoms with van der Waals surface area (Å²) in [5, 5.41) is 17.2. The van der Waals surface area contributed by atoms with E-state index in [-0.39, 0.29) is 12.8 Å².